The first kappa shape index (κ1) is 12.9. The van der Waals surface area contributed by atoms with E-state index >= 15 is 0 Å². The van der Waals surface area contributed by atoms with E-state index in [4.69, 9.17) is 15.6 Å². The van der Waals surface area contributed by atoms with Gasteiger partial charge in [-0.3, -0.25) is 4.79 Å². The first-order chi connectivity index (χ1) is 8.70. The predicted molar refractivity (Wildman–Crippen MR) is 68.8 cm³/mol. The number of carboxylic acids is 1. The summed E-state index contributed by atoms with van der Waals surface area (Å²) in [5.74, 6) is -0.709. The maximum atomic E-state index is 11.0. The summed E-state index contributed by atoms with van der Waals surface area (Å²) in [5.41, 5.74) is 6.19. The molecule has 98 valence electrons. The van der Waals surface area contributed by atoms with Crippen molar-refractivity contribution in [2.75, 3.05) is 6.54 Å². The topological polar surface area (TPSA) is 72.6 Å². The third-order valence-corrected chi connectivity index (χ3v) is 3.42. The zero-order chi connectivity index (χ0) is 13.0. The lowest BCUT2D eigenvalue weighted by atomic mass is 9.99. The lowest BCUT2D eigenvalue weighted by molar-refractivity contribution is -0.138. The van der Waals surface area contributed by atoms with Gasteiger partial charge in [0.2, 0.25) is 0 Å². The third-order valence-electron chi connectivity index (χ3n) is 3.42. The molecular weight excluding hydrogens is 230 g/mol. The van der Waals surface area contributed by atoms with Crippen molar-refractivity contribution in [3.8, 4) is 5.75 Å². The Morgan fingerprint density at radius 3 is 2.44 bits per heavy atom. The summed E-state index contributed by atoms with van der Waals surface area (Å²) in [6.45, 7) is 0.109. The summed E-state index contributed by atoms with van der Waals surface area (Å²) < 4.78 is 5.83. The Morgan fingerprint density at radius 2 is 1.94 bits per heavy atom. The number of rotatable bonds is 5. The van der Waals surface area contributed by atoms with E-state index in [0.29, 0.717) is 6.10 Å². The van der Waals surface area contributed by atoms with Crippen LogP contribution in [0.3, 0.4) is 0 Å². The van der Waals surface area contributed by atoms with Crippen molar-refractivity contribution in [3.63, 3.8) is 0 Å². The van der Waals surface area contributed by atoms with E-state index in [1.165, 1.54) is 12.8 Å². The molecule has 0 aromatic heterocycles. The normalized spacial score (nSPS) is 17.6. The van der Waals surface area contributed by atoms with Gasteiger partial charge >= 0.3 is 5.97 Å². The molecule has 1 unspecified atom stereocenters. The predicted octanol–water partition coefficient (Wildman–Crippen LogP) is 2.13. The van der Waals surface area contributed by atoms with Crippen LogP contribution >= 0.6 is 0 Å². The molecule has 0 spiro atoms. The fraction of sp³-hybridized carbons (Fsp3) is 0.500. The number of hydrogen-bond acceptors (Lipinski definition) is 3. The summed E-state index contributed by atoms with van der Waals surface area (Å²) >= 11 is 0. The highest BCUT2D eigenvalue weighted by Gasteiger charge is 2.19. The number of benzene rings is 1. The standard InChI is InChI=1S/C14H19NO3/c15-9-13(14(16)17)10-5-7-12(8-6-10)18-11-3-1-2-4-11/h5-8,11,13H,1-4,9,15H2,(H,16,17). The Balaban J connectivity index is 2.02. The molecule has 1 aromatic carbocycles. The molecule has 3 N–H and O–H groups in total. The zero-order valence-electron chi connectivity index (χ0n) is 10.3. The fourth-order valence-electron chi connectivity index (χ4n) is 2.36. The van der Waals surface area contributed by atoms with Crippen LogP contribution in [0, 0.1) is 0 Å². The van der Waals surface area contributed by atoms with Gasteiger partial charge in [0.25, 0.3) is 0 Å². The smallest absolute Gasteiger partial charge is 0.312 e. The number of ether oxygens (including phenoxy) is 1. The number of nitrogens with two attached hydrogens (primary N) is 1. The molecule has 1 atom stereocenters. The molecule has 2 rings (SSSR count). The van der Waals surface area contributed by atoms with Crippen LogP contribution in [0.15, 0.2) is 24.3 Å². The van der Waals surface area contributed by atoms with Crippen LogP contribution in [-0.4, -0.2) is 23.7 Å². The van der Waals surface area contributed by atoms with Crippen LogP contribution < -0.4 is 10.5 Å². The molecule has 4 nitrogen and oxygen atoms in total. The summed E-state index contributed by atoms with van der Waals surface area (Å²) in [7, 11) is 0. The summed E-state index contributed by atoms with van der Waals surface area (Å²) in [5, 5.41) is 9.01. The second-order valence-corrected chi connectivity index (χ2v) is 4.72. The Hall–Kier alpha value is -1.55. The summed E-state index contributed by atoms with van der Waals surface area (Å²) in [6.07, 6.45) is 5.01. The highest BCUT2D eigenvalue weighted by Crippen LogP contribution is 2.25. The molecule has 0 saturated heterocycles. The lowest BCUT2D eigenvalue weighted by Gasteiger charge is -2.14. The van der Waals surface area contributed by atoms with Crippen molar-refractivity contribution in [2.24, 2.45) is 5.73 Å². The zero-order valence-corrected chi connectivity index (χ0v) is 10.3. The van der Waals surface area contributed by atoms with E-state index in [1.807, 2.05) is 12.1 Å². The minimum absolute atomic E-state index is 0.109. The largest absolute Gasteiger partial charge is 0.490 e. The van der Waals surface area contributed by atoms with Gasteiger partial charge in [0, 0.05) is 6.54 Å². The van der Waals surface area contributed by atoms with Crippen molar-refractivity contribution >= 4 is 5.97 Å². The Kier molecular flexibility index (Phi) is 4.20. The Morgan fingerprint density at radius 1 is 1.33 bits per heavy atom. The number of carbonyl (C=O) groups is 1. The molecule has 0 heterocycles. The van der Waals surface area contributed by atoms with Crippen LogP contribution in [0.5, 0.6) is 5.75 Å². The van der Waals surface area contributed by atoms with Gasteiger partial charge in [0.15, 0.2) is 0 Å². The minimum Gasteiger partial charge on any atom is -0.490 e. The van der Waals surface area contributed by atoms with Gasteiger partial charge in [-0.25, -0.2) is 0 Å². The second-order valence-electron chi connectivity index (χ2n) is 4.72. The number of hydrogen-bond donors (Lipinski definition) is 2. The van der Waals surface area contributed by atoms with Gasteiger partial charge in [-0.05, 0) is 43.4 Å². The Bertz CT molecular complexity index is 396. The molecule has 0 amide bonds. The molecule has 1 aromatic rings. The van der Waals surface area contributed by atoms with Gasteiger partial charge in [0.1, 0.15) is 5.75 Å². The average molecular weight is 249 g/mol. The molecule has 18 heavy (non-hydrogen) atoms. The Labute approximate surface area is 107 Å². The summed E-state index contributed by atoms with van der Waals surface area (Å²) in [6, 6.07) is 7.24. The van der Waals surface area contributed by atoms with E-state index in [0.717, 1.165) is 24.2 Å². The maximum absolute atomic E-state index is 11.0. The molecule has 0 aliphatic heterocycles. The van der Waals surface area contributed by atoms with Gasteiger partial charge in [-0.15, -0.1) is 0 Å². The third kappa shape index (κ3) is 3.01. The van der Waals surface area contributed by atoms with Crippen LogP contribution in [-0.2, 0) is 4.79 Å². The molecule has 1 aliphatic rings. The van der Waals surface area contributed by atoms with Gasteiger partial charge in [-0.1, -0.05) is 12.1 Å². The van der Waals surface area contributed by atoms with E-state index in [9.17, 15) is 4.79 Å². The van der Waals surface area contributed by atoms with Crippen LogP contribution in [0.25, 0.3) is 0 Å². The minimum atomic E-state index is -0.887. The SMILES string of the molecule is NCC(C(=O)O)c1ccc(OC2CCCC2)cc1. The van der Waals surface area contributed by atoms with Gasteiger partial charge in [-0.2, -0.15) is 0 Å². The van der Waals surface area contributed by atoms with Crippen molar-refractivity contribution in [1.82, 2.24) is 0 Å². The van der Waals surface area contributed by atoms with Crippen molar-refractivity contribution in [1.29, 1.82) is 0 Å². The summed E-state index contributed by atoms with van der Waals surface area (Å²) in [4.78, 5) is 11.0. The highest BCUT2D eigenvalue weighted by molar-refractivity contribution is 5.76. The fourth-order valence-corrected chi connectivity index (χ4v) is 2.36. The lowest BCUT2D eigenvalue weighted by Crippen LogP contribution is -2.21. The van der Waals surface area contributed by atoms with Crippen molar-refractivity contribution in [2.45, 2.75) is 37.7 Å². The van der Waals surface area contributed by atoms with E-state index in [-0.39, 0.29) is 6.54 Å². The number of carboxylic acid groups (broad SMARTS) is 1. The quantitative estimate of drug-likeness (QED) is 0.838. The van der Waals surface area contributed by atoms with Crippen LogP contribution in [0.1, 0.15) is 37.2 Å². The first-order valence-electron chi connectivity index (χ1n) is 6.40. The van der Waals surface area contributed by atoms with E-state index in [1.54, 1.807) is 12.1 Å². The molecule has 4 heteroatoms. The maximum Gasteiger partial charge on any atom is 0.312 e. The van der Waals surface area contributed by atoms with Gasteiger partial charge in [0.05, 0.1) is 12.0 Å². The average Bonchev–Trinajstić information content (AvgIpc) is 2.84. The molecule has 1 aliphatic carbocycles. The first-order valence-corrected chi connectivity index (χ1v) is 6.40. The monoisotopic (exact) mass is 249 g/mol. The molecule has 1 saturated carbocycles. The van der Waals surface area contributed by atoms with Crippen LogP contribution in [0.2, 0.25) is 0 Å². The van der Waals surface area contributed by atoms with Crippen molar-refractivity contribution in [3.05, 3.63) is 29.8 Å². The van der Waals surface area contributed by atoms with Crippen molar-refractivity contribution < 1.29 is 14.6 Å². The number of aliphatic carboxylic acids is 1. The highest BCUT2D eigenvalue weighted by atomic mass is 16.5. The van der Waals surface area contributed by atoms with E-state index < -0.39 is 11.9 Å². The van der Waals surface area contributed by atoms with Crippen LogP contribution in [0.4, 0.5) is 0 Å². The molecule has 0 bridgehead atoms. The molecular formula is C14H19NO3. The second kappa shape index (κ2) is 5.87. The molecule has 0 radical (unpaired) electrons. The van der Waals surface area contributed by atoms with Gasteiger partial charge < -0.3 is 15.6 Å². The molecule has 1 fully saturated rings. The van der Waals surface area contributed by atoms with E-state index in [2.05, 4.69) is 0 Å².